The molecule has 0 aliphatic heterocycles. The highest BCUT2D eigenvalue weighted by molar-refractivity contribution is 5.80. The van der Waals surface area contributed by atoms with Crippen molar-refractivity contribution >= 4 is 16.8 Å². The Morgan fingerprint density at radius 3 is 2.87 bits per heavy atom. The second-order valence-corrected chi connectivity index (χ2v) is 5.16. The summed E-state index contributed by atoms with van der Waals surface area (Å²) in [6, 6.07) is 15.9. The van der Waals surface area contributed by atoms with Crippen LogP contribution in [0.15, 0.2) is 60.8 Å². The second kappa shape index (κ2) is 6.96. The van der Waals surface area contributed by atoms with Crippen LogP contribution < -0.4 is 10.1 Å². The lowest BCUT2D eigenvalue weighted by Gasteiger charge is -2.09. The van der Waals surface area contributed by atoms with E-state index in [1.165, 1.54) is 17.5 Å². The van der Waals surface area contributed by atoms with Crippen LogP contribution in [0.1, 0.15) is 0 Å². The summed E-state index contributed by atoms with van der Waals surface area (Å²) < 4.78 is 20.3. The minimum Gasteiger partial charge on any atom is -0.484 e. The molecule has 1 N–H and O–H groups in total. The molecule has 0 aliphatic rings. The molecule has 0 fully saturated rings. The average molecular weight is 312 g/mol. The van der Waals surface area contributed by atoms with Gasteiger partial charge in [0.25, 0.3) is 5.91 Å². The van der Waals surface area contributed by atoms with Crippen molar-refractivity contribution in [2.24, 2.45) is 0 Å². The molecule has 1 heterocycles. The zero-order chi connectivity index (χ0) is 16.1. The van der Waals surface area contributed by atoms with Gasteiger partial charge in [0.1, 0.15) is 11.6 Å². The van der Waals surface area contributed by atoms with E-state index in [0.29, 0.717) is 18.8 Å². The quantitative estimate of drug-likeness (QED) is 0.760. The third kappa shape index (κ3) is 3.88. The van der Waals surface area contributed by atoms with Gasteiger partial charge in [0.2, 0.25) is 0 Å². The fourth-order valence-corrected chi connectivity index (χ4v) is 2.41. The Kier molecular flexibility index (Phi) is 4.57. The zero-order valence-corrected chi connectivity index (χ0v) is 12.5. The van der Waals surface area contributed by atoms with E-state index in [0.717, 1.165) is 5.52 Å². The Bertz CT molecular complexity index is 813. The normalized spacial score (nSPS) is 10.7. The number of carbonyl (C=O) groups excluding carboxylic acids is 1. The number of hydrogen-bond donors (Lipinski definition) is 1. The van der Waals surface area contributed by atoms with Crippen molar-refractivity contribution in [2.45, 2.75) is 6.54 Å². The van der Waals surface area contributed by atoms with E-state index >= 15 is 0 Å². The highest BCUT2D eigenvalue weighted by Gasteiger charge is 2.04. The van der Waals surface area contributed by atoms with Gasteiger partial charge in [0.05, 0.1) is 0 Å². The first-order chi connectivity index (χ1) is 11.2. The van der Waals surface area contributed by atoms with E-state index in [9.17, 15) is 9.18 Å². The van der Waals surface area contributed by atoms with Crippen molar-refractivity contribution in [3.05, 3.63) is 66.6 Å². The number of nitrogens with zero attached hydrogens (tertiary/aromatic N) is 1. The molecule has 0 radical (unpaired) electrons. The molecule has 3 rings (SSSR count). The molecule has 5 heteroatoms. The Morgan fingerprint density at radius 2 is 2.00 bits per heavy atom. The fraction of sp³-hybridized carbons (Fsp3) is 0.167. The van der Waals surface area contributed by atoms with Crippen LogP contribution in [0.4, 0.5) is 4.39 Å². The maximum Gasteiger partial charge on any atom is 0.258 e. The first-order valence-corrected chi connectivity index (χ1v) is 7.41. The molecular formula is C18H17FN2O2. The van der Waals surface area contributed by atoms with E-state index in [4.69, 9.17) is 4.74 Å². The van der Waals surface area contributed by atoms with Crippen LogP contribution in [-0.2, 0) is 11.3 Å². The number of para-hydroxylation sites is 1. The van der Waals surface area contributed by atoms with Crippen molar-refractivity contribution in [3.63, 3.8) is 0 Å². The van der Waals surface area contributed by atoms with Gasteiger partial charge in [-0.05, 0) is 29.7 Å². The molecule has 1 amide bonds. The van der Waals surface area contributed by atoms with Gasteiger partial charge in [-0.15, -0.1) is 0 Å². The van der Waals surface area contributed by atoms with Gasteiger partial charge in [-0.1, -0.05) is 24.3 Å². The molecule has 0 aliphatic carbocycles. The number of aromatic nitrogens is 1. The van der Waals surface area contributed by atoms with Crippen LogP contribution in [0.3, 0.4) is 0 Å². The van der Waals surface area contributed by atoms with Gasteiger partial charge in [0.15, 0.2) is 6.61 Å². The maximum absolute atomic E-state index is 13.0. The molecule has 118 valence electrons. The standard InChI is InChI=1S/C18H17FN2O2/c19-15-5-3-6-16(12-15)23-13-18(22)20-9-11-21-10-8-14-4-1-2-7-17(14)21/h1-8,10,12H,9,11,13H2,(H,20,22). The molecule has 4 nitrogen and oxygen atoms in total. The van der Waals surface area contributed by atoms with Gasteiger partial charge in [-0.2, -0.15) is 0 Å². The summed E-state index contributed by atoms with van der Waals surface area (Å²) in [5, 5.41) is 3.97. The predicted octanol–water partition coefficient (Wildman–Crippen LogP) is 2.98. The Morgan fingerprint density at radius 1 is 1.13 bits per heavy atom. The minimum atomic E-state index is -0.387. The first kappa shape index (κ1) is 15.1. The van der Waals surface area contributed by atoms with Crippen LogP contribution in [-0.4, -0.2) is 23.6 Å². The topological polar surface area (TPSA) is 43.3 Å². The van der Waals surface area contributed by atoms with Crippen LogP contribution in [0.2, 0.25) is 0 Å². The highest BCUT2D eigenvalue weighted by atomic mass is 19.1. The molecule has 23 heavy (non-hydrogen) atoms. The molecule has 2 aromatic carbocycles. The smallest absolute Gasteiger partial charge is 0.258 e. The summed E-state index contributed by atoms with van der Waals surface area (Å²) in [4.78, 5) is 11.8. The number of hydrogen-bond acceptors (Lipinski definition) is 2. The Hall–Kier alpha value is -2.82. The van der Waals surface area contributed by atoms with Gasteiger partial charge >= 0.3 is 0 Å². The minimum absolute atomic E-state index is 0.129. The average Bonchev–Trinajstić information content (AvgIpc) is 2.97. The molecule has 1 aromatic heterocycles. The number of halogens is 1. The lowest BCUT2D eigenvalue weighted by molar-refractivity contribution is -0.123. The molecule has 0 unspecified atom stereocenters. The SMILES string of the molecule is O=C(COc1cccc(F)c1)NCCn1ccc2ccccc21. The van der Waals surface area contributed by atoms with Gasteiger partial charge in [-0.25, -0.2) is 4.39 Å². The number of benzene rings is 2. The van der Waals surface area contributed by atoms with Crippen LogP contribution in [0.5, 0.6) is 5.75 Å². The summed E-state index contributed by atoms with van der Waals surface area (Å²) in [6.07, 6.45) is 2.00. The number of rotatable bonds is 6. The maximum atomic E-state index is 13.0. The largest absolute Gasteiger partial charge is 0.484 e. The summed E-state index contributed by atoms with van der Waals surface area (Å²) in [6.45, 7) is 1.05. The molecule has 0 saturated carbocycles. The van der Waals surface area contributed by atoms with E-state index in [2.05, 4.69) is 16.0 Å². The van der Waals surface area contributed by atoms with Crippen molar-refractivity contribution in [2.75, 3.05) is 13.2 Å². The Balaban J connectivity index is 1.46. The molecule has 0 bridgehead atoms. The lowest BCUT2D eigenvalue weighted by atomic mass is 10.2. The second-order valence-electron chi connectivity index (χ2n) is 5.16. The van der Waals surface area contributed by atoms with Crippen LogP contribution in [0.25, 0.3) is 10.9 Å². The van der Waals surface area contributed by atoms with Gasteiger partial charge < -0.3 is 14.6 Å². The molecule has 0 spiro atoms. The van der Waals surface area contributed by atoms with Crippen molar-refractivity contribution in [3.8, 4) is 5.75 Å². The molecule has 0 saturated heterocycles. The zero-order valence-electron chi connectivity index (χ0n) is 12.5. The number of ether oxygens (including phenoxy) is 1. The van der Waals surface area contributed by atoms with E-state index in [1.807, 2.05) is 30.5 Å². The van der Waals surface area contributed by atoms with E-state index < -0.39 is 0 Å². The third-order valence-corrected chi connectivity index (χ3v) is 3.52. The monoisotopic (exact) mass is 312 g/mol. The summed E-state index contributed by atoms with van der Waals surface area (Å²) in [5.41, 5.74) is 1.14. The van der Waals surface area contributed by atoms with Crippen molar-refractivity contribution < 1.29 is 13.9 Å². The molecular weight excluding hydrogens is 295 g/mol. The van der Waals surface area contributed by atoms with E-state index in [1.54, 1.807) is 12.1 Å². The number of fused-ring (bicyclic) bond motifs is 1. The van der Waals surface area contributed by atoms with Gasteiger partial charge in [-0.3, -0.25) is 4.79 Å². The van der Waals surface area contributed by atoms with Crippen LogP contribution in [0, 0.1) is 5.82 Å². The highest BCUT2D eigenvalue weighted by Crippen LogP contribution is 2.14. The number of nitrogens with one attached hydrogen (secondary N) is 1. The predicted molar refractivity (Wildman–Crippen MR) is 86.8 cm³/mol. The van der Waals surface area contributed by atoms with Crippen molar-refractivity contribution in [1.29, 1.82) is 0 Å². The third-order valence-electron chi connectivity index (χ3n) is 3.52. The number of carbonyl (C=O) groups is 1. The first-order valence-electron chi connectivity index (χ1n) is 7.41. The molecule has 3 aromatic rings. The molecule has 0 atom stereocenters. The summed E-state index contributed by atoms with van der Waals surface area (Å²) in [7, 11) is 0. The van der Waals surface area contributed by atoms with Crippen molar-refractivity contribution in [1.82, 2.24) is 9.88 Å². The Labute approximate surface area is 133 Å². The van der Waals surface area contributed by atoms with Gasteiger partial charge in [0, 0.05) is 30.9 Å². The van der Waals surface area contributed by atoms with Crippen LogP contribution >= 0.6 is 0 Å². The summed E-state index contributed by atoms with van der Waals surface area (Å²) in [5.74, 6) is -0.273. The van der Waals surface area contributed by atoms with E-state index in [-0.39, 0.29) is 18.3 Å². The lowest BCUT2D eigenvalue weighted by Crippen LogP contribution is -2.31. The summed E-state index contributed by atoms with van der Waals surface area (Å²) >= 11 is 0. The fourth-order valence-electron chi connectivity index (χ4n) is 2.41. The number of amides is 1.